The first kappa shape index (κ1) is 16.6. The zero-order valence-corrected chi connectivity index (χ0v) is 13.0. The summed E-state index contributed by atoms with van der Waals surface area (Å²) in [7, 11) is 0. The molecule has 2 aromatic rings. The molecule has 0 radical (unpaired) electrons. The van der Waals surface area contributed by atoms with Gasteiger partial charge in [0.1, 0.15) is 12.8 Å². The minimum absolute atomic E-state index is 0.350. The number of aromatic nitrogens is 2. The van der Waals surface area contributed by atoms with Gasteiger partial charge in [-0.3, -0.25) is 9.53 Å². The van der Waals surface area contributed by atoms with Gasteiger partial charge in [0.05, 0.1) is 5.56 Å². The fourth-order valence-electron chi connectivity index (χ4n) is 1.84. The summed E-state index contributed by atoms with van der Waals surface area (Å²) in [5.41, 5.74) is 6.54. The second-order valence-corrected chi connectivity index (χ2v) is 4.68. The van der Waals surface area contributed by atoms with Gasteiger partial charge in [-0.25, -0.2) is 0 Å². The summed E-state index contributed by atoms with van der Waals surface area (Å²) in [6, 6.07) is 9.06. The third kappa shape index (κ3) is 5.15. The number of hydrogen-bond donors (Lipinski definition) is 1. The Morgan fingerprint density at radius 3 is 2.70 bits per heavy atom. The van der Waals surface area contributed by atoms with Crippen molar-refractivity contribution in [3.05, 3.63) is 60.2 Å². The number of pyridine rings is 2. The molecule has 0 aliphatic heterocycles. The van der Waals surface area contributed by atoms with Crippen LogP contribution in [0.25, 0.3) is 0 Å². The lowest BCUT2D eigenvalue weighted by atomic mass is 10.2. The highest BCUT2D eigenvalue weighted by atomic mass is 16.6. The van der Waals surface area contributed by atoms with Crippen molar-refractivity contribution in [2.45, 2.75) is 20.4 Å². The van der Waals surface area contributed by atoms with Crippen LogP contribution in [0, 0.1) is 0 Å². The van der Waals surface area contributed by atoms with Gasteiger partial charge in [0.25, 0.3) is 13.5 Å². The maximum absolute atomic E-state index is 11.0. The van der Waals surface area contributed by atoms with Crippen molar-refractivity contribution < 1.29 is 23.5 Å². The maximum Gasteiger partial charge on any atom is 0.258 e. The maximum atomic E-state index is 11.0. The van der Waals surface area contributed by atoms with Crippen LogP contribution in [0.2, 0.25) is 0 Å². The first-order valence-corrected chi connectivity index (χ1v) is 7.21. The summed E-state index contributed by atoms with van der Waals surface area (Å²) in [4.78, 5) is 16.0. The van der Waals surface area contributed by atoms with Crippen molar-refractivity contribution in [2.75, 3.05) is 6.61 Å². The normalized spacial score (nSPS) is 10.8. The van der Waals surface area contributed by atoms with E-state index in [4.69, 9.17) is 15.3 Å². The number of nitrogens with two attached hydrogens (primary N) is 1. The Hall–Kier alpha value is -2.80. The average Bonchev–Trinajstić information content (AvgIpc) is 2.57. The summed E-state index contributed by atoms with van der Waals surface area (Å²) in [6.45, 7) is 3.11. The van der Waals surface area contributed by atoms with Crippen LogP contribution in [-0.4, -0.2) is 18.7 Å². The molecule has 2 aromatic heterocycles. The van der Waals surface area contributed by atoms with Crippen LogP contribution < -0.4 is 14.9 Å². The second kappa shape index (κ2) is 8.60. The molecule has 0 atom stereocenters. The molecule has 0 aliphatic rings. The van der Waals surface area contributed by atoms with E-state index in [1.54, 1.807) is 30.7 Å². The Kier molecular flexibility index (Phi) is 6.19. The monoisotopic (exact) mass is 316 g/mol. The lowest BCUT2D eigenvalue weighted by Crippen LogP contribution is -2.42. The molecule has 0 fully saturated rings. The van der Waals surface area contributed by atoms with E-state index < -0.39 is 5.91 Å². The van der Waals surface area contributed by atoms with E-state index in [1.807, 2.05) is 40.5 Å². The van der Waals surface area contributed by atoms with Gasteiger partial charge in [-0.2, -0.15) is 9.13 Å². The second-order valence-electron chi connectivity index (χ2n) is 4.68. The minimum atomic E-state index is -0.448. The van der Waals surface area contributed by atoms with Gasteiger partial charge >= 0.3 is 0 Å². The average molecular weight is 316 g/mol. The van der Waals surface area contributed by atoms with E-state index >= 15 is 0 Å². The number of oxime groups is 1. The number of ether oxygens (including phenoxy) is 1. The van der Waals surface area contributed by atoms with Crippen LogP contribution in [0.15, 0.2) is 54.1 Å². The lowest BCUT2D eigenvalue weighted by Gasteiger charge is -2.01. The highest BCUT2D eigenvalue weighted by Crippen LogP contribution is 1.93. The number of primary amides is 1. The predicted octanol–water partition coefficient (Wildman–Crippen LogP) is 0.363. The Morgan fingerprint density at radius 2 is 2.00 bits per heavy atom. The molecule has 1 amide bonds. The number of nitrogens with zero attached hydrogens (tertiary/aromatic N) is 3. The molecule has 2 rings (SSSR count). The van der Waals surface area contributed by atoms with E-state index in [0.717, 1.165) is 5.69 Å². The number of rotatable bonds is 8. The van der Waals surface area contributed by atoms with Crippen molar-refractivity contribution in [2.24, 2.45) is 10.9 Å². The van der Waals surface area contributed by atoms with E-state index in [9.17, 15) is 4.79 Å². The van der Waals surface area contributed by atoms with Crippen molar-refractivity contribution >= 4 is 12.1 Å². The molecular formula is C16H20N4O3+2. The molecule has 0 bridgehead atoms. The van der Waals surface area contributed by atoms with Crippen molar-refractivity contribution in [3.8, 4) is 0 Å². The van der Waals surface area contributed by atoms with Crippen LogP contribution in [0.3, 0.4) is 0 Å². The van der Waals surface area contributed by atoms with E-state index in [0.29, 0.717) is 25.6 Å². The lowest BCUT2D eigenvalue weighted by molar-refractivity contribution is -0.788. The SMILES string of the molecule is CCO/N=C/c1cccc[n+]1COC[n+]1ccc(C(N)=O)cc1. The fourth-order valence-corrected chi connectivity index (χ4v) is 1.84. The standard InChI is InChI=1S/C16H19N4O3/c1-2-23-18-11-15-5-3-4-8-20(15)13-22-12-19-9-6-14(7-10-19)16(17)21/h3-11H,2,12-13H2,1H3,(H-,17,21)/q+1/p+1/b18-11+. The van der Waals surface area contributed by atoms with E-state index in [-0.39, 0.29) is 0 Å². The zero-order valence-electron chi connectivity index (χ0n) is 13.0. The van der Waals surface area contributed by atoms with Crippen LogP contribution in [0.4, 0.5) is 0 Å². The summed E-state index contributed by atoms with van der Waals surface area (Å²) in [6.07, 6.45) is 7.02. The quantitative estimate of drug-likeness (QED) is 0.434. The molecule has 0 aromatic carbocycles. The third-order valence-electron chi connectivity index (χ3n) is 3.01. The molecule has 0 saturated heterocycles. The molecule has 7 heteroatoms. The van der Waals surface area contributed by atoms with Crippen molar-refractivity contribution in [3.63, 3.8) is 0 Å². The molecule has 23 heavy (non-hydrogen) atoms. The van der Waals surface area contributed by atoms with Crippen molar-refractivity contribution in [1.82, 2.24) is 0 Å². The highest BCUT2D eigenvalue weighted by Gasteiger charge is 2.09. The van der Waals surface area contributed by atoms with Gasteiger partial charge in [0, 0.05) is 24.3 Å². The molecule has 2 heterocycles. The molecule has 0 spiro atoms. The van der Waals surface area contributed by atoms with Gasteiger partial charge in [-0.15, -0.1) is 0 Å². The van der Waals surface area contributed by atoms with Gasteiger partial charge in [-0.05, 0) is 13.0 Å². The Bertz CT molecular complexity index is 671. The van der Waals surface area contributed by atoms with Crippen LogP contribution in [0.5, 0.6) is 0 Å². The summed E-state index contributed by atoms with van der Waals surface area (Å²) >= 11 is 0. The van der Waals surface area contributed by atoms with E-state index in [1.165, 1.54) is 0 Å². The molecule has 7 nitrogen and oxygen atoms in total. The largest absolute Gasteiger partial charge is 0.396 e. The first-order chi connectivity index (χ1) is 11.2. The molecule has 0 unspecified atom stereocenters. The first-order valence-electron chi connectivity index (χ1n) is 7.21. The van der Waals surface area contributed by atoms with E-state index in [2.05, 4.69) is 5.16 Å². The predicted molar refractivity (Wildman–Crippen MR) is 82.1 cm³/mol. The number of amides is 1. The molecular weight excluding hydrogens is 296 g/mol. The zero-order chi connectivity index (χ0) is 16.5. The molecule has 2 N–H and O–H groups in total. The van der Waals surface area contributed by atoms with Gasteiger partial charge in [0.15, 0.2) is 18.6 Å². The third-order valence-corrected chi connectivity index (χ3v) is 3.01. The number of carbonyl (C=O) groups excluding carboxylic acids is 1. The minimum Gasteiger partial charge on any atom is -0.396 e. The van der Waals surface area contributed by atoms with Gasteiger partial charge in [-0.1, -0.05) is 5.16 Å². The van der Waals surface area contributed by atoms with Crippen LogP contribution in [0.1, 0.15) is 23.0 Å². The van der Waals surface area contributed by atoms with Crippen LogP contribution in [-0.2, 0) is 23.0 Å². The highest BCUT2D eigenvalue weighted by molar-refractivity contribution is 5.92. The number of hydrogen-bond acceptors (Lipinski definition) is 4. The molecule has 0 saturated carbocycles. The Balaban J connectivity index is 1.92. The molecule has 0 aliphatic carbocycles. The smallest absolute Gasteiger partial charge is 0.258 e. The summed E-state index contributed by atoms with van der Waals surface area (Å²) in [5, 5.41) is 3.86. The van der Waals surface area contributed by atoms with Crippen LogP contribution >= 0.6 is 0 Å². The Morgan fingerprint density at radius 1 is 1.22 bits per heavy atom. The van der Waals surface area contributed by atoms with Gasteiger partial charge < -0.3 is 10.6 Å². The summed E-state index contributed by atoms with van der Waals surface area (Å²) in [5.74, 6) is -0.448. The summed E-state index contributed by atoms with van der Waals surface area (Å²) < 4.78 is 9.37. The van der Waals surface area contributed by atoms with Crippen molar-refractivity contribution in [1.29, 1.82) is 0 Å². The van der Waals surface area contributed by atoms with Gasteiger partial charge in [0.2, 0.25) is 11.6 Å². The topological polar surface area (TPSA) is 81.7 Å². The fraction of sp³-hybridized carbons (Fsp3) is 0.250. The Labute approximate surface area is 134 Å². The molecule has 120 valence electrons. The number of carbonyl (C=O) groups is 1.